The van der Waals surface area contributed by atoms with Crippen LogP contribution in [0.4, 0.5) is 9.59 Å². The number of hydrogen-bond acceptors (Lipinski definition) is 12. The predicted octanol–water partition coefficient (Wildman–Crippen LogP) is -2.28. The van der Waals surface area contributed by atoms with Gasteiger partial charge < -0.3 is 60.7 Å². The fourth-order valence-electron chi connectivity index (χ4n) is 7.64. The SMILES string of the molecule is CNC(=O)NCc1ccc(C2=C(C(=O)OCOC(=O)C(C)(C)C)N3C(=O)[C@H]([C@@H](C)O)[C@H]3C2)cc1.CNC(=O)NCc1ccc(C2=C(C(=O)[O-])N3C(=O)[C@H]([C@@H](C)O)[C@H]3C2)cc1.[Na+]. The number of carboxylic acid groups (broad SMARTS) is 1. The molecule has 0 aliphatic carbocycles. The van der Waals surface area contributed by atoms with Gasteiger partial charge in [0, 0.05) is 27.2 Å². The van der Waals surface area contributed by atoms with E-state index in [4.69, 9.17) is 9.47 Å². The summed E-state index contributed by atoms with van der Waals surface area (Å²) in [5, 5.41) is 41.7. The van der Waals surface area contributed by atoms with Crippen molar-refractivity contribution in [2.24, 2.45) is 17.3 Å². The first-order valence-corrected chi connectivity index (χ1v) is 19.4. The number of nitrogens with one attached hydrogen (secondary N) is 4. The number of carbonyl (C=O) groups excluding carboxylic acids is 7. The maximum atomic E-state index is 13.0. The van der Waals surface area contributed by atoms with Gasteiger partial charge in [-0.15, -0.1) is 0 Å². The van der Waals surface area contributed by atoms with Crippen molar-refractivity contribution in [1.82, 2.24) is 31.1 Å². The van der Waals surface area contributed by atoms with Crippen LogP contribution in [0, 0.1) is 17.3 Å². The van der Waals surface area contributed by atoms with Gasteiger partial charge in [-0.25, -0.2) is 14.4 Å². The minimum absolute atomic E-state index is 0. The van der Waals surface area contributed by atoms with Gasteiger partial charge in [-0.2, -0.15) is 0 Å². The number of benzene rings is 2. The van der Waals surface area contributed by atoms with E-state index in [1.54, 1.807) is 64.1 Å². The van der Waals surface area contributed by atoms with E-state index < -0.39 is 54.2 Å². The van der Waals surface area contributed by atoms with Crippen molar-refractivity contribution in [2.45, 2.75) is 84.8 Å². The molecule has 0 saturated carbocycles. The Morgan fingerprint density at radius 2 is 1.11 bits per heavy atom. The summed E-state index contributed by atoms with van der Waals surface area (Å²) in [5.41, 5.74) is 3.47. The number of nitrogens with zero attached hydrogens (tertiary/aromatic N) is 2. The molecule has 6 N–H and O–H groups in total. The van der Waals surface area contributed by atoms with E-state index in [2.05, 4.69) is 21.3 Å². The maximum Gasteiger partial charge on any atom is 1.00 e. The quantitative estimate of drug-likeness (QED) is 0.0572. The van der Waals surface area contributed by atoms with Crippen molar-refractivity contribution >= 4 is 52.9 Å². The Labute approximate surface area is 375 Å². The van der Waals surface area contributed by atoms with Crippen molar-refractivity contribution in [3.63, 3.8) is 0 Å². The third-order valence-electron chi connectivity index (χ3n) is 10.8. The number of hydrogen-bond donors (Lipinski definition) is 6. The molecule has 4 aliphatic heterocycles. The fraction of sp³-hybridized carbons (Fsp3) is 0.452. The number of urea groups is 2. The number of aliphatic carboxylic acids is 1. The van der Waals surface area contributed by atoms with E-state index in [-0.39, 0.29) is 76.9 Å². The summed E-state index contributed by atoms with van der Waals surface area (Å²) in [6.07, 6.45) is -0.940. The number of aliphatic hydroxyl groups is 2. The first kappa shape index (κ1) is 48.4. The summed E-state index contributed by atoms with van der Waals surface area (Å²) >= 11 is 0. The largest absolute Gasteiger partial charge is 1.00 e. The molecule has 2 aromatic rings. The molecular weight excluding hydrogens is 803 g/mol. The van der Waals surface area contributed by atoms with E-state index >= 15 is 0 Å². The van der Waals surface area contributed by atoms with Crippen LogP contribution in [0.15, 0.2) is 59.9 Å². The molecule has 6 atom stereocenters. The van der Waals surface area contributed by atoms with Crippen molar-refractivity contribution in [2.75, 3.05) is 20.9 Å². The summed E-state index contributed by atoms with van der Waals surface area (Å²) in [6, 6.07) is 13.0. The molecule has 4 aliphatic rings. The number of carbonyl (C=O) groups is 7. The van der Waals surface area contributed by atoms with Crippen LogP contribution in [-0.2, 0) is 46.5 Å². The van der Waals surface area contributed by atoms with Gasteiger partial charge in [0.05, 0.1) is 53.2 Å². The molecule has 6 amide bonds. The zero-order chi connectivity index (χ0) is 44.2. The monoisotopic (exact) mass is 854 g/mol. The summed E-state index contributed by atoms with van der Waals surface area (Å²) in [7, 11) is 3.05. The number of esters is 2. The molecule has 4 heterocycles. The van der Waals surface area contributed by atoms with Gasteiger partial charge in [-0.1, -0.05) is 48.5 Å². The van der Waals surface area contributed by atoms with E-state index in [0.29, 0.717) is 48.2 Å². The normalized spacial score (nSPS) is 20.9. The van der Waals surface area contributed by atoms with Crippen molar-refractivity contribution in [1.29, 1.82) is 0 Å². The summed E-state index contributed by atoms with van der Waals surface area (Å²) in [6.45, 7) is 8.23. The number of β-lactam (4-membered cyclic amide) rings is 2. The van der Waals surface area contributed by atoms with Crippen LogP contribution < -0.4 is 55.9 Å². The molecule has 0 spiro atoms. The Morgan fingerprint density at radius 1 is 0.721 bits per heavy atom. The number of carboxylic acids is 1. The fourth-order valence-corrected chi connectivity index (χ4v) is 7.64. The third-order valence-corrected chi connectivity index (χ3v) is 10.8. The molecule has 6 rings (SSSR count). The topological polar surface area (TPSA) is 256 Å². The zero-order valence-corrected chi connectivity index (χ0v) is 37.5. The number of ether oxygens (including phenoxy) is 2. The first-order valence-electron chi connectivity index (χ1n) is 19.4. The Bertz CT molecular complexity index is 2100. The Morgan fingerprint density at radius 3 is 1.48 bits per heavy atom. The molecule has 2 aromatic carbocycles. The van der Waals surface area contributed by atoms with Crippen LogP contribution in [0.1, 0.15) is 69.7 Å². The summed E-state index contributed by atoms with van der Waals surface area (Å²) in [4.78, 5) is 86.6. The smallest absolute Gasteiger partial charge is 0.543 e. The second-order valence-corrected chi connectivity index (χ2v) is 15.9. The van der Waals surface area contributed by atoms with Crippen molar-refractivity contribution in [3.8, 4) is 0 Å². The van der Waals surface area contributed by atoms with E-state index in [0.717, 1.165) is 11.1 Å². The summed E-state index contributed by atoms with van der Waals surface area (Å²) in [5.74, 6) is -4.61. The average molecular weight is 855 g/mol. The van der Waals surface area contributed by atoms with E-state index in [1.165, 1.54) is 30.8 Å². The predicted molar refractivity (Wildman–Crippen MR) is 212 cm³/mol. The number of aliphatic hydroxyl groups excluding tert-OH is 2. The van der Waals surface area contributed by atoms with E-state index in [9.17, 15) is 48.9 Å². The maximum absolute atomic E-state index is 13.0. The van der Waals surface area contributed by atoms with Crippen LogP contribution in [0.5, 0.6) is 0 Å². The minimum Gasteiger partial charge on any atom is -0.543 e. The van der Waals surface area contributed by atoms with Crippen LogP contribution >= 0.6 is 0 Å². The molecule has 0 radical (unpaired) electrons. The van der Waals surface area contributed by atoms with Crippen LogP contribution in [0.25, 0.3) is 11.1 Å². The molecule has 0 unspecified atom stereocenters. The average Bonchev–Trinajstić information content (AvgIpc) is 3.73. The molecule has 0 bridgehead atoms. The Balaban J connectivity index is 0.000000273. The van der Waals surface area contributed by atoms with Crippen LogP contribution in [0.3, 0.4) is 0 Å². The van der Waals surface area contributed by atoms with Crippen molar-refractivity contribution in [3.05, 3.63) is 82.2 Å². The number of rotatable bonds is 12. The summed E-state index contributed by atoms with van der Waals surface area (Å²) < 4.78 is 10.2. The Hall–Kier alpha value is -5.27. The third kappa shape index (κ3) is 10.4. The van der Waals surface area contributed by atoms with Crippen LogP contribution in [0.2, 0.25) is 0 Å². The van der Waals surface area contributed by atoms with Gasteiger partial charge in [0.25, 0.3) is 0 Å². The molecular formula is C42H51N6NaO12. The molecule has 322 valence electrons. The number of amides is 6. The molecule has 2 saturated heterocycles. The molecule has 19 heteroatoms. The Kier molecular flexibility index (Phi) is 15.9. The molecule has 0 aromatic heterocycles. The second-order valence-electron chi connectivity index (χ2n) is 15.9. The molecule has 61 heavy (non-hydrogen) atoms. The minimum atomic E-state index is -1.40. The number of fused-ring (bicyclic) bond motifs is 2. The van der Waals surface area contributed by atoms with Gasteiger partial charge >= 0.3 is 53.6 Å². The molecule has 2 fully saturated rings. The van der Waals surface area contributed by atoms with Gasteiger partial charge in [0.15, 0.2) is 0 Å². The van der Waals surface area contributed by atoms with E-state index in [1.807, 2.05) is 12.1 Å². The second kappa shape index (κ2) is 20.1. The van der Waals surface area contributed by atoms with Crippen molar-refractivity contribution < 1.29 is 87.9 Å². The zero-order valence-electron chi connectivity index (χ0n) is 35.5. The van der Waals surface area contributed by atoms with Gasteiger partial charge in [0.1, 0.15) is 5.70 Å². The van der Waals surface area contributed by atoms with Gasteiger partial charge in [0.2, 0.25) is 18.6 Å². The standard InChI is InChI=1S/C24H31N3O7.C18H21N3O5.Na/c1-13(28)18-17-10-16(15-8-6-14(7-9-15)11-26-23(32)25-5)19(27(17)20(18)29)21(30)33-12-34-22(31)24(2,3)4;1-9(22)14-13-7-12(15(17(24)25)21(13)16(14)23)11-5-3-10(4-6-11)8-20-18(26)19-2;/h6-9,13,17-18,28H,10-12H2,1-5H3,(H2,25,26,32);3-6,9,13-14,22H,7-8H2,1-2H3,(H,24,25)(H2,19,20,26);/q;;+1/p-1/t13-,17-,18-;9-,13-,14-;/m11./s1. The van der Waals surface area contributed by atoms with Gasteiger partial charge in [-0.3, -0.25) is 14.4 Å². The van der Waals surface area contributed by atoms with Crippen LogP contribution in [-0.4, -0.2) is 107 Å². The first-order chi connectivity index (χ1) is 28.3. The van der Waals surface area contributed by atoms with Gasteiger partial charge in [-0.05, 0) is 80.9 Å². The molecule has 18 nitrogen and oxygen atoms in total.